The van der Waals surface area contributed by atoms with Gasteiger partial charge in [0.2, 0.25) is 0 Å². The van der Waals surface area contributed by atoms with E-state index in [0.717, 1.165) is 32.1 Å². The first-order valence-corrected chi connectivity index (χ1v) is 9.52. The smallest absolute Gasteiger partial charge is 0.140 e. The molecule has 0 unspecified atom stereocenters. The van der Waals surface area contributed by atoms with E-state index in [4.69, 9.17) is 0 Å². The Morgan fingerprint density at radius 3 is 2.61 bits per heavy atom. The highest BCUT2D eigenvalue weighted by Gasteiger charge is 2.61. The molecule has 4 aliphatic rings. The standard InChI is InChI=1S/C20H29NO2/c1-19(23)8-7-14-12(10-19)3-5-15-16(14)9-18(22)20(2)13(11-21)4-6-17(15)20/h12-17,23H,3-10H2,1-2H3/t12-,13-,14+,15-,16-,17+,19-,20-/m1/s1. The molecule has 4 rings (SSSR count). The van der Waals surface area contributed by atoms with Gasteiger partial charge >= 0.3 is 0 Å². The molecule has 0 aromatic rings. The second-order valence-corrected chi connectivity index (χ2v) is 9.34. The van der Waals surface area contributed by atoms with Crippen LogP contribution in [0.15, 0.2) is 0 Å². The number of rotatable bonds is 0. The maximum Gasteiger partial charge on any atom is 0.140 e. The zero-order chi connectivity index (χ0) is 16.4. The number of Topliss-reactive ketones (excluding diaryl/α,β-unsaturated/α-hetero) is 1. The van der Waals surface area contributed by atoms with Gasteiger partial charge < -0.3 is 5.11 Å². The SMILES string of the molecule is C[C@@]1(O)CC[C@H]2[C@H](CC[C@@H]3[C@@H]2CC(=O)[C@]2(C)[C@@H](C#N)CC[C@@H]32)C1. The van der Waals surface area contributed by atoms with Crippen LogP contribution in [0.1, 0.15) is 65.2 Å². The maximum absolute atomic E-state index is 13.0. The molecule has 23 heavy (non-hydrogen) atoms. The molecule has 0 saturated heterocycles. The van der Waals surface area contributed by atoms with E-state index in [1.807, 2.05) is 6.92 Å². The van der Waals surface area contributed by atoms with Crippen LogP contribution in [0.2, 0.25) is 0 Å². The zero-order valence-corrected chi connectivity index (χ0v) is 14.4. The van der Waals surface area contributed by atoms with Gasteiger partial charge in [0.05, 0.1) is 17.6 Å². The number of nitrogens with zero attached hydrogens (tertiary/aromatic N) is 1. The summed E-state index contributed by atoms with van der Waals surface area (Å²) < 4.78 is 0. The van der Waals surface area contributed by atoms with Crippen LogP contribution in [0.3, 0.4) is 0 Å². The lowest BCUT2D eigenvalue weighted by Crippen LogP contribution is -2.54. The fraction of sp³-hybridized carbons (Fsp3) is 0.900. The highest BCUT2D eigenvalue weighted by atomic mass is 16.3. The van der Waals surface area contributed by atoms with Gasteiger partial charge in [-0.2, -0.15) is 5.26 Å². The fourth-order valence-corrected chi connectivity index (χ4v) is 7.05. The summed E-state index contributed by atoms with van der Waals surface area (Å²) in [6, 6.07) is 2.44. The van der Waals surface area contributed by atoms with Gasteiger partial charge in [0.25, 0.3) is 0 Å². The number of ketones is 1. The Bertz CT molecular complexity index is 562. The minimum Gasteiger partial charge on any atom is -0.390 e. The third-order valence-corrected chi connectivity index (χ3v) is 8.25. The van der Waals surface area contributed by atoms with Crippen molar-refractivity contribution in [1.82, 2.24) is 0 Å². The Morgan fingerprint density at radius 1 is 1.09 bits per heavy atom. The fourth-order valence-electron chi connectivity index (χ4n) is 7.05. The summed E-state index contributed by atoms with van der Waals surface area (Å²) in [6.45, 7) is 4.07. The molecule has 126 valence electrons. The summed E-state index contributed by atoms with van der Waals surface area (Å²) >= 11 is 0. The Labute approximate surface area is 139 Å². The monoisotopic (exact) mass is 315 g/mol. The van der Waals surface area contributed by atoms with E-state index >= 15 is 0 Å². The first-order valence-electron chi connectivity index (χ1n) is 9.52. The molecule has 0 heterocycles. The van der Waals surface area contributed by atoms with Crippen molar-refractivity contribution in [3.05, 3.63) is 0 Å². The summed E-state index contributed by atoms with van der Waals surface area (Å²) in [4.78, 5) is 13.0. The van der Waals surface area contributed by atoms with Crippen LogP contribution in [0.4, 0.5) is 0 Å². The minimum absolute atomic E-state index is 0.0641. The molecule has 0 amide bonds. The van der Waals surface area contributed by atoms with Crippen LogP contribution in [-0.4, -0.2) is 16.5 Å². The lowest BCUT2D eigenvalue weighted by Gasteiger charge is -2.55. The Balaban J connectivity index is 1.62. The first-order chi connectivity index (χ1) is 10.9. The Kier molecular flexibility index (Phi) is 3.44. The van der Waals surface area contributed by atoms with Gasteiger partial charge in [0.1, 0.15) is 5.78 Å². The maximum atomic E-state index is 13.0. The van der Waals surface area contributed by atoms with Crippen LogP contribution in [0.25, 0.3) is 0 Å². The van der Waals surface area contributed by atoms with Crippen molar-refractivity contribution >= 4 is 5.78 Å². The largest absolute Gasteiger partial charge is 0.390 e. The van der Waals surface area contributed by atoms with Crippen molar-refractivity contribution in [2.75, 3.05) is 0 Å². The van der Waals surface area contributed by atoms with Gasteiger partial charge in [-0.25, -0.2) is 0 Å². The molecule has 3 heteroatoms. The molecule has 0 bridgehead atoms. The van der Waals surface area contributed by atoms with E-state index in [0.29, 0.717) is 41.8 Å². The average molecular weight is 315 g/mol. The molecule has 0 radical (unpaired) electrons. The topological polar surface area (TPSA) is 61.1 Å². The third-order valence-electron chi connectivity index (χ3n) is 8.25. The summed E-state index contributed by atoms with van der Waals surface area (Å²) in [5.74, 6) is 3.13. The molecule has 0 spiro atoms. The predicted molar refractivity (Wildman–Crippen MR) is 87.2 cm³/mol. The highest BCUT2D eigenvalue weighted by Crippen LogP contribution is 2.63. The summed E-state index contributed by atoms with van der Waals surface area (Å²) in [6.07, 6.45) is 7.96. The van der Waals surface area contributed by atoms with Crippen LogP contribution >= 0.6 is 0 Å². The quantitative estimate of drug-likeness (QED) is 0.741. The van der Waals surface area contributed by atoms with Crippen LogP contribution < -0.4 is 0 Å². The molecular weight excluding hydrogens is 286 g/mol. The van der Waals surface area contributed by atoms with E-state index in [9.17, 15) is 15.2 Å². The molecule has 4 fully saturated rings. The highest BCUT2D eigenvalue weighted by molar-refractivity contribution is 5.87. The molecule has 4 aliphatic carbocycles. The van der Waals surface area contributed by atoms with E-state index in [1.165, 1.54) is 12.8 Å². The Morgan fingerprint density at radius 2 is 1.87 bits per heavy atom. The normalized spacial score (nSPS) is 55.5. The summed E-state index contributed by atoms with van der Waals surface area (Å²) in [7, 11) is 0. The number of carbonyl (C=O) groups excluding carboxylic acids is 1. The van der Waals surface area contributed by atoms with Crippen molar-refractivity contribution < 1.29 is 9.90 Å². The van der Waals surface area contributed by atoms with Crippen molar-refractivity contribution in [1.29, 1.82) is 5.26 Å². The third kappa shape index (κ3) is 2.14. The lowest BCUT2D eigenvalue weighted by atomic mass is 9.48. The van der Waals surface area contributed by atoms with E-state index in [-0.39, 0.29) is 11.3 Å². The van der Waals surface area contributed by atoms with Gasteiger partial charge in [-0.1, -0.05) is 6.92 Å². The summed E-state index contributed by atoms with van der Waals surface area (Å²) in [5, 5.41) is 19.9. The number of aliphatic hydroxyl groups is 1. The summed E-state index contributed by atoms with van der Waals surface area (Å²) in [5.41, 5.74) is -0.872. The van der Waals surface area contributed by atoms with E-state index in [2.05, 4.69) is 13.0 Å². The van der Waals surface area contributed by atoms with Gasteiger partial charge in [-0.3, -0.25) is 4.79 Å². The van der Waals surface area contributed by atoms with Crippen molar-refractivity contribution in [3.63, 3.8) is 0 Å². The zero-order valence-electron chi connectivity index (χ0n) is 14.4. The second-order valence-electron chi connectivity index (χ2n) is 9.34. The molecule has 0 aromatic heterocycles. The second kappa shape index (κ2) is 5.06. The molecule has 0 aliphatic heterocycles. The molecule has 0 aromatic carbocycles. The number of fused-ring (bicyclic) bond motifs is 5. The van der Waals surface area contributed by atoms with Crippen molar-refractivity contribution in [2.24, 2.45) is 40.9 Å². The van der Waals surface area contributed by atoms with Crippen molar-refractivity contribution in [2.45, 2.75) is 70.8 Å². The van der Waals surface area contributed by atoms with Crippen LogP contribution in [0, 0.1) is 52.3 Å². The van der Waals surface area contributed by atoms with Crippen molar-refractivity contribution in [3.8, 4) is 6.07 Å². The van der Waals surface area contributed by atoms with Crippen LogP contribution in [-0.2, 0) is 4.79 Å². The predicted octanol–water partition coefficient (Wildman–Crippen LogP) is 3.71. The van der Waals surface area contributed by atoms with E-state index < -0.39 is 5.60 Å². The number of hydrogen-bond donors (Lipinski definition) is 1. The molecular formula is C20H29NO2. The Hall–Kier alpha value is -0.880. The van der Waals surface area contributed by atoms with Gasteiger partial charge in [-0.15, -0.1) is 0 Å². The number of nitriles is 1. The first kappa shape index (κ1) is 15.6. The molecule has 3 nitrogen and oxygen atoms in total. The molecule has 4 saturated carbocycles. The van der Waals surface area contributed by atoms with Gasteiger partial charge in [-0.05, 0) is 81.5 Å². The van der Waals surface area contributed by atoms with E-state index in [1.54, 1.807) is 0 Å². The molecule has 8 atom stereocenters. The number of carbonyl (C=O) groups is 1. The number of hydrogen-bond acceptors (Lipinski definition) is 3. The van der Waals surface area contributed by atoms with Gasteiger partial charge in [0.15, 0.2) is 0 Å². The molecule has 1 N–H and O–H groups in total. The van der Waals surface area contributed by atoms with Gasteiger partial charge in [0, 0.05) is 11.8 Å². The van der Waals surface area contributed by atoms with Crippen LogP contribution in [0.5, 0.6) is 0 Å². The minimum atomic E-state index is -0.500. The average Bonchev–Trinajstić information content (AvgIpc) is 2.84. The lowest BCUT2D eigenvalue weighted by molar-refractivity contribution is -0.149.